The lowest BCUT2D eigenvalue weighted by molar-refractivity contribution is 0.687. The van der Waals surface area contributed by atoms with Crippen LogP contribution in [0.15, 0.2) is 12.4 Å². The monoisotopic (exact) mass is 304 g/mol. The summed E-state index contributed by atoms with van der Waals surface area (Å²) in [6.07, 6.45) is 4.40. The van der Waals surface area contributed by atoms with Crippen molar-refractivity contribution < 1.29 is 0 Å². The summed E-state index contributed by atoms with van der Waals surface area (Å²) in [6.45, 7) is 4.59. The highest BCUT2D eigenvalue weighted by Gasteiger charge is 2.18. The van der Waals surface area contributed by atoms with E-state index >= 15 is 0 Å². The number of aromatic nitrogens is 6. The van der Waals surface area contributed by atoms with Gasteiger partial charge in [-0.15, -0.1) is 11.6 Å². The zero-order valence-corrected chi connectivity index (χ0v) is 13.1. The Morgan fingerprint density at radius 1 is 1.24 bits per heavy atom. The fourth-order valence-corrected chi connectivity index (χ4v) is 2.66. The molecule has 0 fully saturated rings. The van der Waals surface area contributed by atoms with Crippen molar-refractivity contribution in [3.63, 3.8) is 0 Å². The van der Waals surface area contributed by atoms with E-state index in [-0.39, 0.29) is 0 Å². The highest BCUT2D eigenvalue weighted by Crippen LogP contribution is 2.21. The highest BCUT2D eigenvalue weighted by molar-refractivity contribution is 6.16. The van der Waals surface area contributed by atoms with Crippen molar-refractivity contribution >= 4 is 22.8 Å². The second kappa shape index (κ2) is 5.44. The molecule has 0 saturated carbocycles. The lowest BCUT2D eigenvalue weighted by Crippen LogP contribution is -2.09. The molecule has 0 N–H and O–H groups in total. The van der Waals surface area contributed by atoms with Gasteiger partial charge >= 0.3 is 0 Å². The van der Waals surface area contributed by atoms with Gasteiger partial charge in [-0.25, -0.2) is 4.98 Å². The van der Waals surface area contributed by atoms with Crippen LogP contribution in [-0.4, -0.2) is 29.3 Å². The minimum atomic E-state index is 0.358. The van der Waals surface area contributed by atoms with Gasteiger partial charge in [0.15, 0.2) is 5.65 Å². The molecule has 6 nitrogen and oxygen atoms in total. The molecule has 0 radical (unpaired) electrons. The van der Waals surface area contributed by atoms with Crippen LogP contribution in [0.4, 0.5) is 0 Å². The fourth-order valence-electron chi connectivity index (χ4n) is 2.46. The van der Waals surface area contributed by atoms with Crippen LogP contribution in [0.1, 0.15) is 29.8 Å². The van der Waals surface area contributed by atoms with Gasteiger partial charge in [0.1, 0.15) is 11.3 Å². The Balaban J connectivity index is 2.11. The van der Waals surface area contributed by atoms with Gasteiger partial charge in [-0.3, -0.25) is 14.6 Å². The van der Waals surface area contributed by atoms with E-state index in [1.165, 1.54) is 0 Å². The van der Waals surface area contributed by atoms with E-state index < -0.39 is 0 Å². The summed E-state index contributed by atoms with van der Waals surface area (Å²) in [5.41, 5.74) is 4.68. The van der Waals surface area contributed by atoms with Crippen LogP contribution in [0.3, 0.4) is 0 Å². The summed E-state index contributed by atoms with van der Waals surface area (Å²) in [7, 11) is 1.93. The molecule has 0 saturated heterocycles. The average Bonchev–Trinajstić information content (AvgIpc) is 2.99. The van der Waals surface area contributed by atoms with Gasteiger partial charge in [-0.05, 0) is 13.3 Å². The Morgan fingerprint density at radius 3 is 2.67 bits per heavy atom. The van der Waals surface area contributed by atoms with Gasteiger partial charge in [0.2, 0.25) is 0 Å². The summed E-state index contributed by atoms with van der Waals surface area (Å²) < 4.78 is 3.92. The van der Waals surface area contributed by atoms with Crippen LogP contribution >= 0.6 is 11.6 Å². The van der Waals surface area contributed by atoms with Crippen molar-refractivity contribution in [2.75, 3.05) is 0 Å². The molecule has 0 aliphatic rings. The quantitative estimate of drug-likeness (QED) is 0.693. The fraction of sp³-hybridized carbons (Fsp3) is 0.429. The van der Waals surface area contributed by atoms with Gasteiger partial charge in [0.05, 0.1) is 35.7 Å². The Labute approximate surface area is 127 Å². The summed E-state index contributed by atoms with van der Waals surface area (Å²) in [5, 5.41) is 4.51. The van der Waals surface area contributed by atoms with E-state index in [0.717, 1.165) is 40.5 Å². The topological polar surface area (TPSA) is 61.4 Å². The van der Waals surface area contributed by atoms with Crippen molar-refractivity contribution in [3.8, 4) is 0 Å². The molecule has 0 amide bonds. The Morgan fingerprint density at radius 2 is 2.05 bits per heavy atom. The smallest absolute Gasteiger partial charge is 0.159 e. The van der Waals surface area contributed by atoms with Gasteiger partial charge in [0, 0.05) is 13.2 Å². The van der Waals surface area contributed by atoms with Gasteiger partial charge in [-0.2, -0.15) is 5.10 Å². The SMILES string of the molecule is CCc1nn(C)c2c1nc(CCl)n2Cc1cnc(C)cn1. The first-order valence-corrected chi connectivity index (χ1v) is 7.42. The summed E-state index contributed by atoms with van der Waals surface area (Å²) in [4.78, 5) is 13.3. The minimum absolute atomic E-state index is 0.358. The predicted molar refractivity (Wildman–Crippen MR) is 81.3 cm³/mol. The number of hydrogen-bond acceptors (Lipinski definition) is 4. The Bertz CT molecular complexity index is 771. The third-order valence-corrected chi connectivity index (χ3v) is 3.72. The third kappa shape index (κ3) is 2.40. The summed E-state index contributed by atoms with van der Waals surface area (Å²) >= 11 is 6.05. The number of alkyl halides is 1. The average molecular weight is 305 g/mol. The molecule has 0 spiro atoms. The number of halogens is 1. The van der Waals surface area contributed by atoms with Gasteiger partial charge in [-0.1, -0.05) is 6.92 Å². The van der Waals surface area contributed by atoms with E-state index in [0.29, 0.717) is 12.4 Å². The first-order valence-electron chi connectivity index (χ1n) is 6.88. The van der Waals surface area contributed by atoms with Crippen LogP contribution in [0, 0.1) is 6.92 Å². The molecule has 0 aromatic carbocycles. The van der Waals surface area contributed by atoms with Crippen molar-refractivity contribution in [2.45, 2.75) is 32.7 Å². The molecule has 110 valence electrons. The maximum Gasteiger partial charge on any atom is 0.159 e. The van der Waals surface area contributed by atoms with Crippen molar-refractivity contribution in [1.82, 2.24) is 29.3 Å². The van der Waals surface area contributed by atoms with Crippen LogP contribution in [0.25, 0.3) is 11.2 Å². The first kappa shape index (κ1) is 14.0. The molecule has 3 rings (SSSR count). The minimum Gasteiger partial charge on any atom is -0.306 e. The molecular weight excluding hydrogens is 288 g/mol. The van der Waals surface area contributed by atoms with Crippen LogP contribution in [0.5, 0.6) is 0 Å². The van der Waals surface area contributed by atoms with E-state index in [4.69, 9.17) is 11.6 Å². The van der Waals surface area contributed by atoms with Crippen molar-refractivity contribution in [1.29, 1.82) is 0 Å². The molecule has 3 heterocycles. The maximum absolute atomic E-state index is 6.05. The molecule has 3 aromatic rings. The van der Waals surface area contributed by atoms with E-state index in [1.54, 1.807) is 12.4 Å². The lowest BCUT2D eigenvalue weighted by atomic mass is 10.3. The van der Waals surface area contributed by atoms with Crippen LogP contribution < -0.4 is 0 Å². The van der Waals surface area contributed by atoms with Gasteiger partial charge in [0.25, 0.3) is 0 Å². The van der Waals surface area contributed by atoms with Crippen molar-refractivity contribution in [3.05, 3.63) is 35.3 Å². The standard InChI is InChI=1S/C14H17ClN6/c1-4-11-13-14(20(3)19-11)21(12(5-15)18-13)8-10-7-16-9(2)6-17-10/h6-7H,4-5,8H2,1-3H3. The normalized spacial score (nSPS) is 11.4. The second-order valence-electron chi connectivity index (χ2n) is 4.99. The zero-order valence-electron chi connectivity index (χ0n) is 12.3. The van der Waals surface area contributed by atoms with E-state index in [9.17, 15) is 0 Å². The van der Waals surface area contributed by atoms with Crippen molar-refractivity contribution in [2.24, 2.45) is 7.05 Å². The predicted octanol–water partition coefficient (Wildman–Crippen LogP) is 2.22. The largest absolute Gasteiger partial charge is 0.306 e. The molecule has 3 aromatic heterocycles. The molecule has 0 aliphatic heterocycles. The second-order valence-corrected chi connectivity index (χ2v) is 5.26. The lowest BCUT2D eigenvalue weighted by Gasteiger charge is -2.07. The van der Waals surface area contributed by atoms with Crippen LogP contribution in [-0.2, 0) is 25.9 Å². The highest BCUT2D eigenvalue weighted by atomic mass is 35.5. The molecule has 0 aliphatic carbocycles. The van der Waals surface area contributed by atoms with Gasteiger partial charge < -0.3 is 4.57 Å². The number of fused-ring (bicyclic) bond motifs is 1. The number of imidazole rings is 1. The molecule has 0 bridgehead atoms. The molecule has 7 heteroatoms. The third-order valence-electron chi connectivity index (χ3n) is 3.48. The Hall–Kier alpha value is -1.95. The molecule has 0 atom stereocenters. The molecule has 21 heavy (non-hydrogen) atoms. The maximum atomic E-state index is 6.05. The number of nitrogens with zero attached hydrogens (tertiary/aromatic N) is 6. The summed E-state index contributed by atoms with van der Waals surface area (Å²) in [5.74, 6) is 1.19. The molecule has 0 unspecified atom stereocenters. The number of rotatable bonds is 4. The van der Waals surface area contributed by atoms with E-state index in [2.05, 4.69) is 31.5 Å². The first-order chi connectivity index (χ1) is 10.1. The zero-order chi connectivity index (χ0) is 15.0. The van der Waals surface area contributed by atoms with Crippen LogP contribution in [0.2, 0.25) is 0 Å². The molecular formula is C14H17ClN6. The Kier molecular flexibility index (Phi) is 3.63. The number of hydrogen-bond donors (Lipinski definition) is 0. The number of aryl methyl sites for hydroxylation is 3. The van der Waals surface area contributed by atoms with E-state index in [1.807, 2.05) is 18.7 Å². The summed E-state index contributed by atoms with van der Waals surface area (Å²) in [6, 6.07) is 0.